The van der Waals surface area contributed by atoms with Crippen molar-refractivity contribution in [3.05, 3.63) is 64.5 Å². The lowest BCUT2D eigenvalue weighted by Crippen LogP contribution is -2.57. The number of alkyl halides is 3. The van der Waals surface area contributed by atoms with Gasteiger partial charge in [-0.3, -0.25) is 14.6 Å². The molecule has 39 heavy (non-hydrogen) atoms. The highest BCUT2D eigenvalue weighted by atomic mass is 19.4. The van der Waals surface area contributed by atoms with E-state index in [9.17, 15) is 22.4 Å². The number of benzene rings is 2. The SMILES string of the molecule is COc1cc(C[C@@H]2CN(CCN3CC(C)OC(C)C3)CCN2C(=O)c2cc(C)cc(C(F)(F)F)c2)ccc1F. The maximum Gasteiger partial charge on any atom is 0.416 e. The number of aryl methyl sites for hydroxylation is 1. The molecule has 0 aliphatic carbocycles. The molecular weight excluding hydrogens is 514 g/mol. The first kappa shape index (κ1) is 29.3. The molecule has 0 saturated carbocycles. The van der Waals surface area contributed by atoms with Crippen LogP contribution in [0.1, 0.15) is 40.9 Å². The second-order valence-corrected chi connectivity index (χ2v) is 10.7. The minimum absolute atomic E-state index is 0.0220. The van der Waals surface area contributed by atoms with Gasteiger partial charge in [0.2, 0.25) is 0 Å². The summed E-state index contributed by atoms with van der Waals surface area (Å²) in [5, 5.41) is 0. The maximum absolute atomic E-state index is 14.0. The Morgan fingerprint density at radius 2 is 1.69 bits per heavy atom. The van der Waals surface area contributed by atoms with Crippen LogP contribution in [0.5, 0.6) is 5.75 Å². The van der Waals surface area contributed by atoms with Crippen molar-refractivity contribution in [1.82, 2.24) is 14.7 Å². The summed E-state index contributed by atoms with van der Waals surface area (Å²) in [6.45, 7) is 10.6. The standard InChI is InChI=1S/C29H37F4N3O3/c1-19-11-23(15-24(12-19)29(31,32)33)28(37)36-10-9-34(7-8-35-16-20(2)39-21(3)17-35)18-25(36)13-22-5-6-26(30)27(14-22)38-4/h5-6,11-12,14-15,20-21,25H,7-10,13,16-18H2,1-4H3/t20?,21?,25-/m1/s1. The van der Waals surface area contributed by atoms with E-state index in [1.165, 1.54) is 19.2 Å². The molecular formula is C29H37F4N3O3. The fraction of sp³-hybridized carbons (Fsp3) is 0.552. The van der Waals surface area contributed by atoms with Crippen LogP contribution in [0.15, 0.2) is 36.4 Å². The third kappa shape index (κ3) is 7.49. The molecule has 0 aromatic heterocycles. The summed E-state index contributed by atoms with van der Waals surface area (Å²) in [4.78, 5) is 20.0. The second-order valence-electron chi connectivity index (χ2n) is 10.7. The molecule has 0 radical (unpaired) electrons. The number of ether oxygens (including phenoxy) is 2. The van der Waals surface area contributed by atoms with Gasteiger partial charge in [-0.25, -0.2) is 4.39 Å². The zero-order valence-electron chi connectivity index (χ0n) is 22.9. The van der Waals surface area contributed by atoms with E-state index in [1.807, 2.05) is 0 Å². The molecule has 0 bridgehead atoms. The largest absolute Gasteiger partial charge is 0.494 e. The molecule has 2 aliphatic heterocycles. The first-order valence-electron chi connectivity index (χ1n) is 13.4. The van der Waals surface area contributed by atoms with Crippen LogP contribution in [0.4, 0.5) is 17.6 Å². The van der Waals surface area contributed by atoms with Crippen molar-refractivity contribution >= 4 is 5.91 Å². The van der Waals surface area contributed by atoms with E-state index in [0.29, 0.717) is 31.6 Å². The third-order valence-corrected chi connectivity index (χ3v) is 7.39. The Kier molecular flexibility index (Phi) is 9.18. The molecule has 2 aliphatic rings. The highest BCUT2D eigenvalue weighted by Gasteiger charge is 2.35. The number of piperazine rings is 1. The van der Waals surface area contributed by atoms with E-state index in [4.69, 9.17) is 9.47 Å². The molecule has 1 amide bonds. The third-order valence-electron chi connectivity index (χ3n) is 7.39. The number of morpholine rings is 1. The minimum Gasteiger partial charge on any atom is -0.494 e. The van der Waals surface area contributed by atoms with Gasteiger partial charge >= 0.3 is 6.18 Å². The van der Waals surface area contributed by atoms with E-state index in [2.05, 4.69) is 23.6 Å². The molecule has 10 heteroatoms. The second kappa shape index (κ2) is 12.2. The highest BCUT2D eigenvalue weighted by molar-refractivity contribution is 5.95. The van der Waals surface area contributed by atoms with Crippen LogP contribution < -0.4 is 4.74 Å². The molecule has 2 aromatic rings. The molecule has 4 rings (SSSR count). The number of halogens is 4. The normalized spacial score (nSPS) is 23.2. The number of carbonyl (C=O) groups is 1. The maximum atomic E-state index is 14.0. The van der Waals surface area contributed by atoms with Crippen LogP contribution in [-0.2, 0) is 17.3 Å². The smallest absolute Gasteiger partial charge is 0.416 e. The van der Waals surface area contributed by atoms with Crippen LogP contribution >= 0.6 is 0 Å². The van der Waals surface area contributed by atoms with Gasteiger partial charge in [0.25, 0.3) is 5.91 Å². The molecule has 0 spiro atoms. The van der Waals surface area contributed by atoms with Crippen LogP contribution in [0.25, 0.3) is 0 Å². The van der Waals surface area contributed by atoms with Crippen LogP contribution in [0, 0.1) is 12.7 Å². The predicted molar refractivity (Wildman–Crippen MR) is 141 cm³/mol. The summed E-state index contributed by atoms with van der Waals surface area (Å²) in [6.07, 6.45) is -3.79. The van der Waals surface area contributed by atoms with Crippen molar-refractivity contribution in [2.24, 2.45) is 0 Å². The summed E-state index contributed by atoms with van der Waals surface area (Å²) in [5.41, 5.74) is 0.349. The first-order valence-corrected chi connectivity index (χ1v) is 13.4. The van der Waals surface area contributed by atoms with E-state index >= 15 is 0 Å². The van der Waals surface area contributed by atoms with Gasteiger partial charge in [0.05, 0.1) is 24.9 Å². The van der Waals surface area contributed by atoms with Crippen LogP contribution in [-0.4, -0.2) is 91.8 Å². The quantitative estimate of drug-likeness (QED) is 0.470. The Labute approximate surface area is 227 Å². The summed E-state index contributed by atoms with van der Waals surface area (Å²) in [7, 11) is 1.39. The number of amides is 1. The molecule has 2 aromatic carbocycles. The van der Waals surface area contributed by atoms with Crippen molar-refractivity contribution in [3.63, 3.8) is 0 Å². The molecule has 2 heterocycles. The average molecular weight is 552 g/mol. The lowest BCUT2D eigenvalue weighted by molar-refractivity contribution is -0.137. The van der Waals surface area contributed by atoms with E-state index < -0.39 is 23.5 Å². The fourth-order valence-electron chi connectivity index (χ4n) is 5.65. The van der Waals surface area contributed by atoms with Crippen molar-refractivity contribution in [1.29, 1.82) is 0 Å². The van der Waals surface area contributed by atoms with E-state index in [0.717, 1.165) is 43.9 Å². The van der Waals surface area contributed by atoms with Crippen molar-refractivity contribution in [2.45, 2.75) is 51.6 Å². The molecule has 214 valence electrons. The van der Waals surface area contributed by atoms with Crippen LogP contribution in [0.2, 0.25) is 0 Å². The lowest BCUT2D eigenvalue weighted by Gasteiger charge is -2.43. The van der Waals surface area contributed by atoms with Gasteiger partial charge in [0, 0.05) is 57.4 Å². The molecule has 3 atom stereocenters. The highest BCUT2D eigenvalue weighted by Crippen LogP contribution is 2.31. The average Bonchev–Trinajstić information content (AvgIpc) is 2.87. The van der Waals surface area contributed by atoms with Gasteiger partial charge in [-0.2, -0.15) is 13.2 Å². The van der Waals surface area contributed by atoms with E-state index in [1.54, 1.807) is 24.0 Å². The number of nitrogens with zero attached hydrogens (tertiary/aromatic N) is 3. The first-order chi connectivity index (χ1) is 18.4. The zero-order chi connectivity index (χ0) is 28.3. The summed E-state index contributed by atoms with van der Waals surface area (Å²) >= 11 is 0. The van der Waals surface area contributed by atoms with Gasteiger partial charge in [-0.1, -0.05) is 6.07 Å². The Hall–Kier alpha value is -2.69. The number of carbonyl (C=O) groups excluding carboxylic acids is 1. The molecule has 6 nitrogen and oxygen atoms in total. The monoisotopic (exact) mass is 551 g/mol. The number of hydrogen-bond acceptors (Lipinski definition) is 5. The van der Waals surface area contributed by atoms with E-state index in [-0.39, 0.29) is 29.6 Å². The number of rotatable bonds is 7. The van der Waals surface area contributed by atoms with Gasteiger partial charge in [-0.05, 0) is 68.7 Å². The Morgan fingerprint density at radius 1 is 1.00 bits per heavy atom. The van der Waals surface area contributed by atoms with Crippen molar-refractivity contribution in [2.75, 3.05) is 52.9 Å². The molecule has 2 unspecified atom stereocenters. The van der Waals surface area contributed by atoms with Gasteiger partial charge in [0.1, 0.15) is 0 Å². The molecule has 0 N–H and O–H groups in total. The summed E-state index contributed by atoms with van der Waals surface area (Å²) < 4.78 is 65.4. The van der Waals surface area contributed by atoms with Crippen LogP contribution in [0.3, 0.4) is 0 Å². The lowest BCUT2D eigenvalue weighted by atomic mass is 9.99. The van der Waals surface area contributed by atoms with Gasteiger partial charge < -0.3 is 14.4 Å². The Balaban J connectivity index is 1.54. The Bertz CT molecular complexity index is 1150. The zero-order valence-corrected chi connectivity index (χ0v) is 22.9. The topological polar surface area (TPSA) is 45.2 Å². The van der Waals surface area contributed by atoms with Gasteiger partial charge in [-0.15, -0.1) is 0 Å². The van der Waals surface area contributed by atoms with Crippen molar-refractivity contribution < 1.29 is 31.8 Å². The minimum atomic E-state index is -4.54. The number of methoxy groups -OCH3 is 1. The molecule has 2 saturated heterocycles. The van der Waals surface area contributed by atoms with Gasteiger partial charge in [0.15, 0.2) is 11.6 Å². The fourth-order valence-corrected chi connectivity index (χ4v) is 5.65. The summed E-state index contributed by atoms with van der Waals surface area (Å²) in [5.74, 6) is -0.797. The predicted octanol–water partition coefficient (Wildman–Crippen LogP) is 4.64. The van der Waals surface area contributed by atoms with Crippen molar-refractivity contribution in [3.8, 4) is 5.75 Å². The number of hydrogen-bond donors (Lipinski definition) is 0. The summed E-state index contributed by atoms with van der Waals surface area (Å²) in [6, 6.07) is 7.77. The molecule has 2 fully saturated rings. The Morgan fingerprint density at radius 3 is 2.36 bits per heavy atom.